The zero-order valence-electron chi connectivity index (χ0n) is 23.9. The van der Waals surface area contributed by atoms with Crippen molar-refractivity contribution in [2.75, 3.05) is 24.7 Å². The third kappa shape index (κ3) is 8.36. The lowest BCUT2D eigenvalue weighted by Gasteiger charge is -2.32. The summed E-state index contributed by atoms with van der Waals surface area (Å²) in [5.41, 5.74) is 9.69. The van der Waals surface area contributed by atoms with Crippen LogP contribution in [-0.2, 0) is 16.0 Å². The van der Waals surface area contributed by atoms with E-state index in [9.17, 15) is 15.0 Å². The number of hydrogen-bond acceptors (Lipinski definition) is 7. The summed E-state index contributed by atoms with van der Waals surface area (Å²) in [6, 6.07) is 33.6. The topological polar surface area (TPSA) is 105 Å². The van der Waals surface area contributed by atoms with Crippen molar-refractivity contribution in [3.63, 3.8) is 0 Å². The second kappa shape index (κ2) is 15.4. The fraction of sp³-hybridized carbons (Fsp3) is 0.265. The Morgan fingerprint density at radius 2 is 1.45 bits per heavy atom. The molecule has 5 rings (SSSR count). The molecule has 4 aromatic rings. The van der Waals surface area contributed by atoms with Crippen molar-refractivity contribution in [2.45, 2.75) is 48.3 Å². The minimum absolute atomic E-state index is 0.211. The summed E-state index contributed by atoms with van der Waals surface area (Å²) in [7, 11) is 0. The lowest BCUT2D eigenvalue weighted by molar-refractivity contribution is -0.149. The van der Waals surface area contributed by atoms with Crippen LogP contribution in [0.4, 0.5) is 11.4 Å². The van der Waals surface area contributed by atoms with Crippen LogP contribution in [0.1, 0.15) is 31.1 Å². The van der Waals surface area contributed by atoms with Crippen LogP contribution in [0.15, 0.2) is 113 Å². The molecule has 0 aromatic heterocycles. The Balaban J connectivity index is 0.000000310. The number of hydrogen-bond donors (Lipinski definition) is 3. The molecule has 7 nitrogen and oxygen atoms in total. The van der Waals surface area contributed by atoms with E-state index in [0.717, 1.165) is 23.4 Å². The smallest absolute Gasteiger partial charge is 0.333 e. The zero-order valence-corrected chi connectivity index (χ0v) is 24.7. The first-order valence-electron chi connectivity index (χ1n) is 14.1. The number of aliphatic hydroxyl groups is 1. The molecule has 1 aliphatic heterocycles. The third-order valence-electron chi connectivity index (χ3n) is 6.74. The number of aliphatic carboxylic acids is 1. The lowest BCUT2D eigenvalue weighted by Crippen LogP contribution is -2.26. The largest absolute Gasteiger partial charge is 0.492 e. The summed E-state index contributed by atoms with van der Waals surface area (Å²) >= 11 is 1.79. The molecular formula is C34H38N2O5S. The highest BCUT2D eigenvalue weighted by molar-refractivity contribution is 7.99. The molecule has 4 aromatic carbocycles. The van der Waals surface area contributed by atoms with Crippen LogP contribution in [-0.4, -0.2) is 48.1 Å². The number of nitrogens with two attached hydrogens (primary N) is 1. The Morgan fingerprint density at radius 1 is 0.881 bits per heavy atom. The van der Waals surface area contributed by atoms with Crippen molar-refractivity contribution in [3.8, 4) is 5.75 Å². The molecule has 0 aliphatic carbocycles. The average molecular weight is 587 g/mol. The van der Waals surface area contributed by atoms with Gasteiger partial charge in [0.05, 0.1) is 24.0 Å². The molecule has 0 bridgehead atoms. The molecule has 0 saturated carbocycles. The van der Waals surface area contributed by atoms with Gasteiger partial charge >= 0.3 is 5.97 Å². The predicted molar refractivity (Wildman–Crippen MR) is 168 cm³/mol. The maximum Gasteiger partial charge on any atom is 0.333 e. The Hall–Kier alpha value is -3.82. The van der Waals surface area contributed by atoms with Gasteiger partial charge in [-0.15, -0.1) is 0 Å². The van der Waals surface area contributed by atoms with Crippen molar-refractivity contribution in [1.82, 2.24) is 0 Å². The summed E-state index contributed by atoms with van der Waals surface area (Å²) in [6.07, 6.45) is -1.03. The maximum atomic E-state index is 11.3. The molecule has 0 saturated heterocycles. The highest BCUT2D eigenvalue weighted by Gasteiger charge is 2.22. The van der Waals surface area contributed by atoms with E-state index in [0.29, 0.717) is 19.6 Å². The van der Waals surface area contributed by atoms with Gasteiger partial charge in [0, 0.05) is 28.9 Å². The highest BCUT2D eigenvalue weighted by Crippen LogP contribution is 2.47. The third-order valence-corrected chi connectivity index (χ3v) is 7.87. The Labute approximate surface area is 251 Å². The fourth-order valence-electron chi connectivity index (χ4n) is 4.59. The van der Waals surface area contributed by atoms with E-state index in [4.69, 9.17) is 15.2 Å². The number of anilines is 2. The predicted octanol–water partition coefficient (Wildman–Crippen LogP) is 6.47. The van der Waals surface area contributed by atoms with Crippen molar-refractivity contribution in [2.24, 2.45) is 5.73 Å². The minimum Gasteiger partial charge on any atom is -0.492 e. The molecule has 0 fully saturated rings. The first-order valence-corrected chi connectivity index (χ1v) is 14.9. The van der Waals surface area contributed by atoms with Crippen LogP contribution in [0, 0.1) is 0 Å². The summed E-state index contributed by atoms with van der Waals surface area (Å²) in [5, 5.41) is 18.7. The van der Waals surface area contributed by atoms with E-state index in [2.05, 4.69) is 53.4 Å². The number of nitrogens with zero attached hydrogens (tertiary/aromatic N) is 1. The van der Waals surface area contributed by atoms with Gasteiger partial charge in [0.1, 0.15) is 12.4 Å². The Kier molecular flexibility index (Phi) is 11.4. The normalized spacial score (nSPS) is 14.0. The maximum absolute atomic E-state index is 11.3. The molecule has 0 spiro atoms. The van der Waals surface area contributed by atoms with E-state index >= 15 is 0 Å². The molecule has 42 heavy (non-hydrogen) atoms. The minimum atomic E-state index is -0.942. The number of benzene rings is 4. The van der Waals surface area contributed by atoms with Crippen molar-refractivity contribution >= 4 is 29.1 Å². The quantitative estimate of drug-likeness (QED) is 0.184. The lowest BCUT2D eigenvalue weighted by atomic mass is 10.0. The van der Waals surface area contributed by atoms with Gasteiger partial charge in [-0.05, 0) is 61.4 Å². The Morgan fingerprint density at radius 3 is 2.00 bits per heavy atom. The van der Waals surface area contributed by atoms with Crippen LogP contribution in [0.25, 0.3) is 0 Å². The number of rotatable bonds is 11. The van der Waals surface area contributed by atoms with E-state index in [1.807, 2.05) is 54.6 Å². The van der Waals surface area contributed by atoms with Gasteiger partial charge in [0.25, 0.3) is 0 Å². The SMILES string of the molecule is CCOC(Cc1ccc(OCCN2c3ccccc3Sc3ccccc32)cc1)C(=O)O.C[C@H](N)C(O)c1ccccc1. The van der Waals surface area contributed by atoms with Gasteiger partial charge in [-0.3, -0.25) is 0 Å². The number of para-hydroxylation sites is 2. The van der Waals surface area contributed by atoms with E-state index in [1.54, 1.807) is 25.6 Å². The molecule has 0 amide bonds. The second-order valence-electron chi connectivity index (χ2n) is 9.88. The van der Waals surface area contributed by atoms with Crippen LogP contribution in [0.2, 0.25) is 0 Å². The summed E-state index contributed by atoms with van der Waals surface area (Å²) in [5.74, 6) is -0.178. The first kappa shape index (κ1) is 31.1. The summed E-state index contributed by atoms with van der Waals surface area (Å²) < 4.78 is 11.3. The highest BCUT2D eigenvalue weighted by atomic mass is 32.2. The van der Waals surface area contributed by atoms with Crippen molar-refractivity contribution < 1.29 is 24.5 Å². The molecule has 1 aliphatic rings. The number of fused-ring (bicyclic) bond motifs is 2. The van der Waals surface area contributed by atoms with Crippen molar-refractivity contribution in [3.05, 3.63) is 114 Å². The van der Waals surface area contributed by atoms with Gasteiger partial charge in [0.2, 0.25) is 0 Å². The van der Waals surface area contributed by atoms with Crippen LogP contribution >= 0.6 is 11.8 Å². The Bertz CT molecular complexity index is 1370. The van der Waals surface area contributed by atoms with E-state index in [-0.39, 0.29) is 6.04 Å². The van der Waals surface area contributed by atoms with Gasteiger partial charge in [-0.1, -0.05) is 78.5 Å². The van der Waals surface area contributed by atoms with Gasteiger partial charge in [-0.2, -0.15) is 0 Å². The molecule has 3 atom stereocenters. The second-order valence-corrected chi connectivity index (χ2v) is 11.0. The number of carboxylic acids is 1. The van der Waals surface area contributed by atoms with E-state index in [1.165, 1.54) is 21.2 Å². The molecular weight excluding hydrogens is 548 g/mol. The molecule has 2 unspecified atom stereocenters. The number of carbonyl (C=O) groups is 1. The number of aliphatic hydroxyl groups excluding tert-OH is 1. The molecule has 1 heterocycles. The monoisotopic (exact) mass is 586 g/mol. The van der Waals surface area contributed by atoms with Crippen LogP contribution in [0.3, 0.4) is 0 Å². The molecule has 0 radical (unpaired) electrons. The van der Waals surface area contributed by atoms with Crippen molar-refractivity contribution in [1.29, 1.82) is 0 Å². The summed E-state index contributed by atoms with van der Waals surface area (Å²) in [6.45, 7) is 5.22. The molecule has 4 N–H and O–H groups in total. The van der Waals surface area contributed by atoms with Gasteiger partial charge in [0.15, 0.2) is 6.10 Å². The molecule has 220 valence electrons. The number of carboxylic acid groups (broad SMARTS) is 1. The first-order chi connectivity index (χ1) is 20.4. The van der Waals surface area contributed by atoms with Crippen LogP contribution in [0.5, 0.6) is 5.75 Å². The standard InChI is InChI=1S/C25H25NO4S.C9H13NO/c1-2-29-22(25(27)28)17-18-11-13-19(14-12-18)30-16-15-26-20-7-3-5-9-23(20)31-24-10-6-4-8-21(24)26;1-7(10)9(11)8-5-3-2-4-6-8/h3-14,22H,2,15-17H2,1H3,(H,27,28);2-7,9,11H,10H2,1H3/t;7-,9?/m.0/s1. The fourth-order valence-corrected chi connectivity index (χ4v) is 5.68. The zero-order chi connectivity index (χ0) is 29.9. The van der Waals surface area contributed by atoms with Gasteiger partial charge in [-0.25, -0.2) is 4.79 Å². The number of ether oxygens (including phenoxy) is 2. The molecule has 8 heteroatoms. The summed E-state index contributed by atoms with van der Waals surface area (Å²) in [4.78, 5) is 16.1. The average Bonchev–Trinajstić information content (AvgIpc) is 3.01. The van der Waals surface area contributed by atoms with Gasteiger partial charge < -0.3 is 30.3 Å². The van der Waals surface area contributed by atoms with Crippen LogP contribution < -0.4 is 15.4 Å². The van der Waals surface area contributed by atoms with E-state index < -0.39 is 18.2 Å².